The maximum absolute atomic E-state index is 10.5. The van der Waals surface area contributed by atoms with E-state index >= 15 is 0 Å². The summed E-state index contributed by atoms with van der Waals surface area (Å²) < 4.78 is 0. The number of hydrogen-bond donors (Lipinski definition) is 1. The molecule has 0 unspecified atom stereocenters. The van der Waals surface area contributed by atoms with Crippen molar-refractivity contribution in [2.45, 2.75) is 0 Å². The molecular weight excluding hydrogens is 156 g/mol. The van der Waals surface area contributed by atoms with Gasteiger partial charge in [0.2, 0.25) is 0 Å². The molecule has 0 aliphatic carbocycles. The van der Waals surface area contributed by atoms with Crippen molar-refractivity contribution in [3.63, 3.8) is 0 Å². The Morgan fingerprint density at radius 3 is 2.50 bits per heavy atom. The van der Waals surface area contributed by atoms with E-state index in [1.165, 1.54) is 10.8 Å². The molecule has 0 rings (SSSR count). The molecule has 0 fully saturated rings. The molecule has 0 heterocycles. The van der Waals surface area contributed by atoms with E-state index < -0.39 is 10.9 Å². The van der Waals surface area contributed by atoms with Gasteiger partial charge in [-0.15, -0.1) is 0 Å². The highest BCUT2D eigenvalue weighted by Crippen LogP contribution is 1.92. The number of carbonyl (C=O) groups is 1. The SMILES string of the molecule is CS(C)=CC(=O)N[N+](=O)[O-]. The minimum atomic E-state index is -0.869. The number of nitrogens with one attached hydrogen (secondary N) is 1. The van der Waals surface area contributed by atoms with Crippen LogP contribution in [0.2, 0.25) is 0 Å². The summed E-state index contributed by atoms with van der Waals surface area (Å²) in [6, 6.07) is 0. The minimum absolute atomic E-state index is 0.204. The van der Waals surface area contributed by atoms with Crippen LogP contribution in [0.5, 0.6) is 0 Å². The summed E-state index contributed by atoms with van der Waals surface area (Å²) in [5, 5.41) is 10.0. The molecule has 58 valence electrons. The second-order valence-electron chi connectivity index (χ2n) is 1.73. The first-order valence-corrected chi connectivity index (χ1v) is 4.49. The minimum Gasteiger partial charge on any atom is -0.263 e. The van der Waals surface area contributed by atoms with Crippen LogP contribution in [0.15, 0.2) is 0 Å². The highest BCUT2D eigenvalue weighted by Gasteiger charge is 2.01. The number of amides is 1. The average molecular weight is 164 g/mol. The molecule has 0 atom stereocenters. The monoisotopic (exact) mass is 164 g/mol. The lowest BCUT2D eigenvalue weighted by atomic mass is 10.8. The van der Waals surface area contributed by atoms with E-state index in [9.17, 15) is 14.9 Å². The maximum atomic E-state index is 10.5. The van der Waals surface area contributed by atoms with Crippen molar-refractivity contribution in [1.29, 1.82) is 0 Å². The molecule has 0 bridgehead atoms. The van der Waals surface area contributed by atoms with Crippen molar-refractivity contribution < 1.29 is 9.83 Å². The standard InChI is InChI=1S/C4H8N2O3S/c1-10(2)3-4(7)5-6(8)9/h3H,1-2H3,(H,5,7). The molecule has 0 saturated heterocycles. The zero-order valence-electron chi connectivity index (χ0n) is 5.66. The Bertz CT molecular complexity index is 185. The highest BCUT2D eigenvalue weighted by atomic mass is 32.2. The Hall–Kier alpha value is -0.910. The Labute approximate surface area is 60.5 Å². The van der Waals surface area contributed by atoms with Crippen LogP contribution in [-0.2, 0) is 4.79 Å². The maximum Gasteiger partial charge on any atom is 0.309 e. The topological polar surface area (TPSA) is 72.2 Å². The molecule has 0 radical (unpaired) electrons. The molecular formula is C4H8N2O3S. The van der Waals surface area contributed by atoms with Crippen molar-refractivity contribution in [2.75, 3.05) is 12.5 Å². The highest BCUT2D eigenvalue weighted by molar-refractivity contribution is 8.14. The quantitative estimate of drug-likeness (QED) is 0.343. The van der Waals surface area contributed by atoms with E-state index in [0.717, 1.165) is 0 Å². The fourth-order valence-electron chi connectivity index (χ4n) is 0.330. The van der Waals surface area contributed by atoms with Crippen LogP contribution < -0.4 is 5.43 Å². The second kappa shape index (κ2) is 3.99. The van der Waals surface area contributed by atoms with E-state index in [4.69, 9.17) is 0 Å². The number of carbonyl (C=O) groups excluding carboxylic acids is 1. The molecule has 6 heteroatoms. The first kappa shape index (κ1) is 9.09. The number of nitro groups is 1. The lowest BCUT2D eigenvalue weighted by Gasteiger charge is -1.90. The van der Waals surface area contributed by atoms with E-state index in [2.05, 4.69) is 0 Å². The van der Waals surface area contributed by atoms with Crippen molar-refractivity contribution in [1.82, 2.24) is 5.43 Å². The van der Waals surface area contributed by atoms with Crippen LogP contribution in [0.1, 0.15) is 0 Å². The van der Waals surface area contributed by atoms with Crippen LogP contribution in [0.3, 0.4) is 0 Å². The first-order chi connectivity index (χ1) is 4.52. The molecule has 1 amide bonds. The Kier molecular flexibility index (Phi) is 3.63. The molecule has 0 aliphatic heterocycles. The van der Waals surface area contributed by atoms with E-state index in [1.54, 1.807) is 12.5 Å². The lowest BCUT2D eigenvalue weighted by molar-refractivity contribution is -0.528. The normalized spacial score (nSPS) is 9.10. The number of hydrogen-bond acceptors (Lipinski definition) is 3. The largest absolute Gasteiger partial charge is 0.309 e. The van der Waals surface area contributed by atoms with Crippen LogP contribution in [0.4, 0.5) is 0 Å². The molecule has 0 spiro atoms. The molecule has 0 aromatic heterocycles. The van der Waals surface area contributed by atoms with Gasteiger partial charge in [0, 0.05) is 5.37 Å². The number of nitrogens with zero attached hydrogens (tertiary/aromatic N) is 1. The van der Waals surface area contributed by atoms with Gasteiger partial charge in [-0.25, -0.2) is 10.1 Å². The fourth-order valence-corrected chi connectivity index (χ4v) is 0.811. The van der Waals surface area contributed by atoms with Crippen molar-refractivity contribution >= 4 is 21.8 Å². The number of hydrazine groups is 1. The molecule has 1 N–H and O–H groups in total. The summed E-state index contributed by atoms with van der Waals surface area (Å²) in [6.07, 6.45) is 3.58. The van der Waals surface area contributed by atoms with Gasteiger partial charge in [0.05, 0.1) is 0 Å². The summed E-state index contributed by atoms with van der Waals surface area (Å²) in [5.41, 5.74) is 1.51. The first-order valence-electron chi connectivity index (χ1n) is 2.38. The number of rotatable bonds is 2. The molecule has 0 aliphatic rings. The Morgan fingerprint density at radius 2 is 2.20 bits per heavy atom. The van der Waals surface area contributed by atoms with Crippen molar-refractivity contribution in [3.8, 4) is 0 Å². The summed E-state index contributed by atoms with van der Waals surface area (Å²) in [4.78, 5) is 20.1. The van der Waals surface area contributed by atoms with Gasteiger partial charge >= 0.3 is 5.91 Å². The van der Waals surface area contributed by atoms with Crippen molar-refractivity contribution in [3.05, 3.63) is 10.1 Å². The van der Waals surface area contributed by atoms with E-state index in [-0.39, 0.29) is 10.5 Å². The average Bonchev–Trinajstić information content (AvgIpc) is 1.58. The van der Waals surface area contributed by atoms with Gasteiger partial charge in [-0.05, 0) is 12.5 Å². The zero-order valence-corrected chi connectivity index (χ0v) is 6.47. The van der Waals surface area contributed by atoms with Gasteiger partial charge in [0.1, 0.15) is 0 Å². The van der Waals surface area contributed by atoms with Crippen molar-refractivity contribution in [2.24, 2.45) is 0 Å². The Morgan fingerprint density at radius 1 is 1.70 bits per heavy atom. The van der Waals surface area contributed by atoms with E-state index in [0.29, 0.717) is 0 Å². The summed E-state index contributed by atoms with van der Waals surface area (Å²) in [7, 11) is -0.204. The Balaban J connectivity index is 3.88. The fraction of sp³-hybridized carbons (Fsp3) is 0.500. The van der Waals surface area contributed by atoms with Crippen LogP contribution in [0, 0.1) is 10.1 Å². The van der Waals surface area contributed by atoms with Crippen LogP contribution in [-0.4, -0.2) is 28.8 Å². The van der Waals surface area contributed by atoms with Gasteiger partial charge in [-0.2, -0.15) is 10.5 Å². The molecule has 10 heavy (non-hydrogen) atoms. The smallest absolute Gasteiger partial charge is 0.263 e. The second-order valence-corrected chi connectivity index (χ2v) is 3.73. The third-order valence-electron chi connectivity index (χ3n) is 0.544. The summed E-state index contributed by atoms with van der Waals surface area (Å²) in [6.45, 7) is 0. The molecule has 0 aromatic rings. The summed E-state index contributed by atoms with van der Waals surface area (Å²) in [5.74, 6) is -0.654. The molecule has 0 saturated carbocycles. The van der Waals surface area contributed by atoms with Gasteiger partial charge in [-0.3, -0.25) is 4.79 Å². The van der Waals surface area contributed by atoms with Gasteiger partial charge < -0.3 is 0 Å². The predicted octanol–water partition coefficient (Wildman–Crippen LogP) is -0.375. The summed E-state index contributed by atoms with van der Waals surface area (Å²) >= 11 is 0. The molecule has 0 aromatic carbocycles. The van der Waals surface area contributed by atoms with Crippen LogP contribution >= 0.6 is 10.5 Å². The van der Waals surface area contributed by atoms with Gasteiger partial charge in [0.25, 0.3) is 0 Å². The van der Waals surface area contributed by atoms with Gasteiger partial charge in [-0.1, -0.05) is 5.43 Å². The van der Waals surface area contributed by atoms with E-state index in [1.807, 2.05) is 0 Å². The lowest BCUT2D eigenvalue weighted by Crippen LogP contribution is -2.29. The zero-order chi connectivity index (χ0) is 8.15. The third kappa shape index (κ3) is 5.23. The third-order valence-corrected chi connectivity index (χ3v) is 1.23. The molecule has 5 nitrogen and oxygen atoms in total. The predicted molar refractivity (Wildman–Crippen MR) is 40.6 cm³/mol. The van der Waals surface area contributed by atoms with Crippen LogP contribution in [0.25, 0.3) is 0 Å². The van der Waals surface area contributed by atoms with Gasteiger partial charge in [0.15, 0.2) is 5.03 Å².